The first-order valence-electron chi connectivity index (χ1n) is 6.37. The van der Waals surface area contributed by atoms with Gasteiger partial charge in [-0.25, -0.2) is 0 Å². The van der Waals surface area contributed by atoms with Crippen LogP contribution in [0.2, 0.25) is 0 Å². The molecule has 2 unspecified atom stereocenters. The van der Waals surface area contributed by atoms with E-state index in [0.29, 0.717) is 0 Å². The number of rotatable bonds is 4. The van der Waals surface area contributed by atoms with E-state index in [1.165, 1.54) is 0 Å². The molecule has 2 atom stereocenters. The predicted molar refractivity (Wildman–Crippen MR) is 79.6 cm³/mol. The summed E-state index contributed by atoms with van der Waals surface area (Å²) in [6.45, 7) is 0.874. The van der Waals surface area contributed by atoms with Crippen molar-refractivity contribution in [3.8, 4) is 0 Å². The molecular weight excluding hydrogens is 256 g/mol. The molecule has 19 heavy (non-hydrogen) atoms. The van der Waals surface area contributed by atoms with Crippen molar-refractivity contribution in [3.05, 3.63) is 60.1 Å². The minimum atomic E-state index is -0.128. The standard InChI is InChI=1S/C15H16N2OS/c16-14(11-5-2-1-3-6-11)13(12-7-4-9-18-12)15-17-8-10-19-15/h1-7,9,13-14H,8,10,16H2. The van der Waals surface area contributed by atoms with Crippen molar-refractivity contribution < 1.29 is 4.42 Å². The van der Waals surface area contributed by atoms with Crippen LogP contribution in [0, 0.1) is 0 Å². The van der Waals surface area contributed by atoms with E-state index in [0.717, 1.165) is 28.7 Å². The summed E-state index contributed by atoms with van der Waals surface area (Å²) in [7, 11) is 0. The van der Waals surface area contributed by atoms with Crippen LogP contribution in [0.15, 0.2) is 58.1 Å². The number of nitrogens with zero attached hydrogens (tertiary/aromatic N) is 1. The lowest BCUT2D eigenvalue weighted by atomic mass is 9.92. The fraction of sp³-hybridized carbons (Fsp3) is 0.267. The Balaban J connectivity index is 1.95. The van der Waals surface area contributed by atoms with Crippen molar-refractivity contribution in [1.29, 1.82) is 0 Å². The van der Waals surface area contributed by atoms with Gasteiger partial charge in [0.1, 0.15) is 5.76 Å². The quantitative estimate of drug-likeness (QED) is 0.929. The summed E-state index contributed by atoms with van der Waals surface area (Å²) in [6.07, 6.45) is 1.69. The smallest absolute Gasteiger partial charge is 0.115 e. The van der Waals surface area contributed by atoms with Gasteiger partial charge in [0.15, 0.2) is 0 Å². The second-order valence-electron chi connectivity index (χ2n) is 4.50. The van der Waals surface area contributed by atoms with Gasteiger partial charge in [-0.3, -0.25) is 4.99 Å². The Labute approximate surface area is 116 Å². The SMILES string of the molecule is NC(c1ccccc1)C(C1=NCCS1)c1ccco1. The fourth-order valence-corrected chi connectivity index (χ4v) is 3.34. The van der Waals surface area contributed by atoms with E-state index in [-0.39, 0.29) is 12.0 Å². The van der Waals surface area contributed by atoms with E-state index in [4.69, 9.17) is 10.2 Å². The Bertz CT molecular complexity index is 551. The Morgan fingerprint density at radius 1 is 1.16 bits per heavy atom. The third kappa shape index (κ3) is 2.60. The highest BCUT2D eigenvalue weighted by molar-refractivity contribution is 8.14. The van der Waals surface area contributed by atoms with Gasteiger partial charge < -0.3 is 10.2 Å². The van der Waals surface area contributed by atoms with E-state index >= 15 is 0 Å². The lowest BCUT2D eigenvalue weighted by Crippen LogP contribution is -2.24. The van der Waals surface area contributed by atoms with Crippen LogP contribution in [-0.4, -0.2) is 17.3 Å². The van der Waals surface area contributed by atoms with E-state index in [1.54, 1.807) is 18.0 Å². The monoisotopic (exact) mass is 272 g/mol. The zero-order valence-corrected chi connectivity index (χ0v) is 11.3. The van der Waals surface area contributed by atoms with E-state index < -0.39 is 0 Å². The van der Waals surface area contributed by atoms with Crippen molar-refractivity contribution >= 4 is 16.8 Å². The number of aliphatic imine (C=N–C) groups is 1. The lowest BCUT2D eigenvalue weighted by Gasteiger charge is -2.22. The Kier molecular flexibility index (Phi) is 3.71. The molecule has 0 saturated heterocycles. The van der Waals surface area contributed by atoms with E-state index in [1.807, 2.05) is 30.3 Å². The van der Waals surface area contributed by atoms with Crippen LogP contribution in [0.3, 0.4) is 0 Å². The van der Waals surface area contributed by atoms with Crippen LogP contribution < -0.4 is 5.73 Å². The first-order chi connectivity index (χ1) is 9.36. The molecule has 1 aromatic heterocycles. The number of thioether (sulfide) groups is 1. The number of hydrogen-bond donors (Lipinski definition) is 1. The minimum Gasteiger partial charge on any atom is -0.469 e. The molecule has 1 aromatic carbocycles. The predicted octanol–water partition coefficient (Wildman–Crippen LogP) is 3.21. The van der Waals surface area contributed by atoms with Crippen molar-refractivity contribution in [3.63, 3.8) is 0 Å². The molecule has 98 valence electrons. The van der Waals surface area contributed by atoms with Gasteiger partial charge in [-0.1, -0.05) is 30.3 Å². The molecule has 0 amide bonds. The van der Waals surface area contributed by atoms with E-state index in [9.17, 15) is 0 Å². The Morgan fingerprint density at radius 2 is 2.00 bits per heavy atom. The van der Waals surface area contributed by atoms with E-state index in [2.05, 4.69) is 17.1 Å². The molecule has 0 aliphatic carbocycles. The maximum Gasteiger partial charge on any atom is 0.115 e. The highest BCUT2D eigenvalue weighted by Crippen LogP contribution is 2.36. The van der Waals surface area contributed by atoms with Gasteiger partial charge >= 0.3 is 0 Å². The number of benzene rings is 1. The second-order valence-corrected chi connectivity index (χ2v) is 5.61. The normalized spacial score (nSPS) is 18.1. The molecule has 0 radical (unpaired) electrons. The van der Waals surface area contributed by atoms with Crippen LogP contribution in [0.5, 0.6) is 0 Å². The molecule has 0 spiro atoms. The van der Waals surface area contributed by atoms with Gasteiger partial charge in [-0.05, 0) is 17.7 Å². The molecule has 0 fully saturated rings. The molecule has 0 bridgehead atoms. The average molecular weight is 272 g/mol. The summed E-state index contributed by atoms with van der Waals surface area (Å²) in [5.74, 6) is 1.95. The fourth-order valence-electron chi connectivity index (χ4n) is 2.33. The van der Waals surface area contributed by atoms with Crippen LogP contribution in [0.25, 0.3) is 0 Å². The van der Waals surface area contributed by atoms with Crippen molar-refractivity contribution in [2.45, 2.75) is 12.0 Å². The minimum absolute atomic E-state index is 0.0184. The number of hydrogen-bond acceptors (Lipinski definition) is 4. The maximum absolute atomic E-state index is 6.46. The van der Waals surface area contributed by atoms with Crippen LogP contribution >= 0.6 is 11.8 Å². The summed E-state index contributed by atoms with van der Waals surface area (Å²) >= 11 is 1.78. The number of nitrogens with two attached hydrogens (primary N) is 1. The first-order valence-corrected chi connectivity index (χ1v) is 7.36. The van der Waals surface area contributed by atoms with Crippen LogP contribution in [0.1, 0.15) is 23.3 Å². The molecule has 4 heteroatoms. The van der Waals surface area contributed by atoms with Crippen molar-refractivity contribution in [2.75, 3.05) is 12.3 Å². The molecule has 3 rings (SSSR count). The highest BCUT2D eigenvalue weighted by atomic mass is 32.2. The Hall–Kier alpha value is -1.52. The lowest BCUT2D eigenvalue weighted by molar-refractivity contribution is 0.473. The largest absolute Gasteiger partial charge is 0.469 e. The molecule has 0 saturated carbocycles. The zero-order valence-electron chi connectivity index (χ0n) is 10.5. The number of furan rings is 1. The third-order valence-electron chi connectivity index (χ3n) is 3.27. The van der Waals surface area contributed by atoms with Gasteiger partial charge in [0.2, 0.25) is 0 Å². The molecule has 2 N–H and O–H groups in total. The topological polar surface area (TPSA) is 51.5 Å². The van der Waals surface area contributed by atoms with Gasteiger partial charge in [0.05, 0.1) is 17.2 Å². The summed E-state index contributed by atoms with van der Waals surface area (Å²) in [4.78, 5) is 4.58. The van der Waals surface area contributed by atoms with Crippen LogP contribution in [0.4, 0.5) is 0 Å². The molecule has 3 nitrogen and oxygen atoms in total. The maximum atomic E-state index is 6.46. The molecule has 1 aliphatic rings. The summed E-state index contributed by atoms with van der Waals surface area (Å²) in [5, 5.41) is 1.09. The molecule has 2 heterocycles. The molecular formula is C15H16N2OS. The van der Waals surface area contributed by atoms with Gasteiger partial charge in [-0.2, -0.15) is 0 Å². The zero-order chi connectivity index (χ0) is 13.1. The molecule has 1 aliphatic heterocycles. The Morgan fingerprint density at radius 3 is 2.63 bits per heavy atom. The third-order valence-corrected chi connectivity index (χ3v) is 4.33. The van der Waals surface area contributed by atoms with Gasteiger partial charge in [0, 0.05) is 18.3 Å². The van der Waals surface area contributed by atoms with Crippen LogP contribution in [-0.2, 0) is 0 Å². The first kappa shape index (κ1) is 12.5. The summed E-state index contributed by atoms with van der Waals surface area (Å²) in [5.41, 5.74) is 7.57. The second kappa shape index (κ2) is 5.63. The molecule has 2 aromatic rings. The summed E-state index contributed by atoms with van der Waals surface area (Å²) < 4.78 is 5.58. The highest BCUT2D eigenvalue weighted by Gasteiger charge is 2.30. The van der Waals surface area contributed by atoms with Gasteiger partial charge in [-0.15, -0.1) is 11.8 Å². The summed E-state index contributed by atoms with van der Waals surface area (Å²) in [6, 6.07) is 13.9. The van der Waals surface area contributed by atoms with Gasteiger partial charge in [0.25, 0.3) is 0 Å². The van der Waals surface area contributed by atoms with Crippen molar-refractivity contribution in [1.82, 2.24) is 0 Å². The van der Waals surface area contributed by atoms with Crippen molar-refractivity contribution in [2.24, 2.45) is 10.7 Å². The average Bonchev–Trinajstić information content (AvgIpc) is 3.13.